The topological polar surface area (TPSA) is 64.2 Å². The van der Waals surface area contributed by atoms with Crippen molar-refractivity contribution in [2.45, 2.75) is 25.3 Å². The Hall–Kier alpha value is -3.19. The largest absolute Gasteiger partial charge is 0.338 e. The summed E-state index contributed by atoms with van der Waals surface area (Å²) in [5, 5.41) is 0. The smallest absolute Gasteiger partial charge is 0.257 e. The van der Waals surface area contributed by atoms with Crippen molar-refractivity contribution in [2.75, 3.05) is 13.1 Å². The third-order valence-corrected chi connectivity index (χ3v) is 6.56. The summed E-state index contributed by atoms with van der Waals surface area (Å²) in [4.78, 5) is 19.8. The molecule has 0 radical (unpaired) electrons. The van der Waals surface area contributed by atoms with Crippen LogP contribution in [0.3, 0.4) is 0 Å². The molecule has 0 bridgehead atoms. The van der Waals surface area contributed by atoms with E-state index in [1.54, 1.807) is 12.3 Å². The van der Waals surface area contributed by atoms with E-state index in [1.165, 1.54) is 6.07 Å². The predicted molar refractivity (Wildman–Crippen MR) is 148 cm³/mol. The summed E-state index contributed by atoms with van der Waals surface area (Å²) in [5.41, 5.74) is 10.6. The number of piperidine rings is 1. The number of aromatic nitrogens is 2. The summed E-state index contributed by atoms with van der Waals surface area (Å²) in [7, 11) is 0. The molecule has 0 atom stereocenters. The molecule has 1 saturated heterocycles. The second-order valence-electron chi connectivity index (χ2n) is 8.67. The van der Waals surface area contributed by atoms with Gasteiger partial charge in [0.2, 0.25) is 0 Å². The number of nitrogens with two attached hydrogens (primary N) is 1. The summed E-state index contributed by atoms with van der Waals surface area (Å²) >= 11 is 0. The molecule has 2 aromatic carbocycles. The van der Waals surface area contributed by atoms with Crippen LogP contribution in [-0.2, 0) is 6.54 Å². The van der Waals surface area contributed by atoms with E-state index in [-0.39, 0.29) is 42.5 Å². The number of carbonyl (C=O) groups excluding carboxylic acids is 1. The maximum atomic E-state index is 14.4. The molecule has 1 aliphatic rings. The van der Waals surface area contributed by atoms with Gasteiger partial charge < -0.3 is 15.2 Å². The van der Waals surface area contributed by atoms with E-state index in [0.717, 1.165) is 29.5 Å². The van der Waals surface area contributed by atoms with Crippen LogP contribution in [0.1, 0.15) is 45.8 Å². The van der Waals surface area contributed by atoms with Crippen LogP contribution in [0.15, 0.2) is 73.1 Å². The molecule has 5 rings (SSSR count). The summed E-state index contributed by atoms with van der Waals surface area (Å²) in [6, 6.07) is 19.0. The lowest BCUT2D eigenvalue weighted by molar-refractivity contribution is 0.0714. The van der Waals surface area contributed by atoms with Crippen molar-refractivity contribution >= 4 is 54.0 Å². The lowest BCUT2D eigenvalue weighted by Gasteiger charge is -2.32. The van der Waals surface area contributed by atoms with E-state index in [9.17, 15) is 9.18 Å². The second-order valence-corrected chi connectivity index (χ2v) is 8.67. The number of nitrogens with zero attached hydrogens (tertiary/aromatic N) is 3. The average molecular weight is 527 g/mol. The fraction of sp³-hybridized carbons (Fsp3) is 0.214. The summed E-state index contributed by atoms with van der Waals surface area (Å²) < 4.78 is 16.4. The molecule has 8 heteroatoms. The van der Waals surface area contributed by atoms with Crippen molar-refractivity contribution in [3.05, 3.63) is 101 Å². The monoisotopic (exact) mass is 526 g/mol. The number of hydrogen-bond donors (Lipinski definition) is 1. The van der Waals surface area contributed by atoms with Gasteiger partial charge in [0.1, 0.15) is 11.3 Å². The molecule has 5 nitrogen and oxygen atoms in total. The Bertz CT molecular complexity index is 1350. The Morgan fingerprint density at radius 3 is 2.53 bits per heavy atom. The van der Waals surface area contributed by atoms with E-state index in [1.807, 2.05) is 76.5 Å². The highest BCUT2D eigenvalue weighted by molar-refractivity contribution is 6.06. The molecule has 0 unspecified atom stereocenters. The Morgan fingerprint density at radius 1 is 1.06 bits per heavy atom. The molecule has 0 spiro atoms. The second kappa shape index (κ2) is 12.2. The van der Waals surface area contributed by atoms with Gasteiger partial charge in [-0.1, -0.05) is 42.5 Å². The Balaban J connectivity index is 0.00000180. The fourth-order valence-corrected chi connectivity index (χ4v) is 4.69. The number of likely N-dealkylation sites (tertiary alicyclic amines) is 1. The van der Waals surface area contributed by atoms with Crippen LogP contribution in [0.4, 0.5) is 4.39 Å². The Labute approximate surface area is 222 Å². The lowest BCUT2D eigenvalue weighted by atomic mass is 9.88. The maximum absolute atomic E-state index is 14.4. The van der Waals surface area contributed by atoms with E-state index < -0.39 is 0 Å². The normalized spacial score (nSPS) is 14.0. The molecule has 1 amide bonds. The molecule has 1 fully saturated rings. The van der Waals surface area contributed by atoms with Crippen molar-refractivity contribution in [3.63, 3.8) is 0 Å². The summed E-state index contributed by atoms with van der Waals surface area (Å²) in [6.07, 6.45) is 8.97. The minimum Gasteiger partial charge on any atom is -0.338 e. The predicted octanol–water partition coefficient (Wildman–Crippen LogP) is 6.13. The SMILES string of the molecule is Cl.Cl.NCc1ccc(F)c(C2CCN(C(=O)c3cn(C=Cc4ccccc4)c4cccnc34)CC2)c1. The van der Waals surface area contributed by atoms with Crippen LogP contribution in [0, 0.1) is 5.82 Å². The Kier molecular flexibility index (Phi) is 9.26. The highest BCUT2D eigenvalue weighted by Gasteiger charge is 2.28. The van der Waals surface area contributed by atoms with Gasteiger partial charge in [0.15, 0.2) is 0 Å². The van der Waals surface area contributed by atoms with Gasteiger partial charge in [0.05, 0.1) is 11.1 Å². The molecule has 36 heavy (non-hydrogen) atoms. The van der Waals surface area contributed by atoms with Gasteiger partial charge in [-0.15, -0.1) is 24.8 Å². The average Bonchev–Trinajstić information content (AvgIpc) is 3.27. The molecule has 2 aromatic heterocycles. The molecular weight excluding hydrogens is 498 g/mol. The van der Waals surface area contributed by atoms with Gasteiger partial charge in [-0.2, -0.15) is 0 Å². The van der Waals surface area contributed by atoms with Gasteiger partial charge in [0, 0.05) is 38.2 Å². The van der Waals surface area contributed by atoms with Gasteiger partial charge in [-0.25, -0.2) is 4.39 Å². The third-order valence-electron chi connectivity index (χ3n) is 6.56. The van der Waals surface area contributed by atoms with Gasteiger partial charge in [-0.05, 0) is 59.7 Å². The fourth-order valence-electron chi connectivity index (χ4n) is 4.69. The minimum atomic E-state index is -0.195. The first-order chi connectivity index (χ1) is 16.6. The number of rotatable bonds is 5. The number of halogens is 3. The van der Waals surface area contributed by atoms with Crippen LogP contribution in [0.2, 0.25) is 0 Å². The molecule has 0 aliphatic carbocycles. The molecule has 4 aromatic rings. The van der Waals surface area contributed by atoms with Crippen molar-refractivity contribution in [1.29, 1.82) is 0 Å². The van der Waals surface area contributed by atoms with E-state index >= 15 is 0 Å². The minimum absolute atomic E-state index is 0. The van der Waals surface area contributed by atoms with Crippen LogP contribution in [0.5, 0.6) is 0 Å². The maximum Gasteiger partial charge on any atom is 0.257 e. The molecule has 3 heterocycles. The Morgan fingerprint density at radius 2 is 1.81 bits per heavy atom. The van der Waals surface area contributed by atoms with Crippen LogP contribution in [-0.4, -0.2) is 33.4 Å². The molecule has 0 saturated carbocycles. The third kappa shape index (κ3) is 5.62. The van der Waals surface area contributed by atoms with E-state index in [0.29, 0.717) is 36.3 Å². The molecule has 1 aliphatic heterocycles. The number of amides is 1. The zero-order chi connectivity index (χ0) is 23.5. The summed E-state index contributed by atoms with van der Waals surface area (Å²) in [6.45, 7) is 1.55. The van der Waals surface area contributed by atoms with E-state index in [2.05, 4.69) is 4.98 Å². The molecule has 188 valence electrons. The number of benzene rings is 2. The highest BCUT2D eigenvalue weighted by Crippen LogP contribution is 2.32. The molecule has 2 N–H and O–H groups in total. The van der Waals surface area contributed by atoms with Gasteiger partial charge in [0.25, 0.3) is 5.91 Å². The first kappa shape index (κ1) is 27.4. The van der Waals surface area contributed by atoms with Crippen LogP contribution < -0.4 is 5.73 Å². The lowest BCUT2D eigenvalue weighted by Crippen LogP contribution is -2.38. The van der Waals surface area contributed by atoms with Crippen molar-refractivity contribution < 1.29 is 9.18 Å². The summed E-state index contributed by atoms with van der Waals surface area (Å²) in [5.74, 6) is -0.145. The standard InChI is InChI=1S/C28H27FN4O.2ClH/c29-25-9-8-21(18-30)17-23(25)22-11-15-32(16-12-22)28(34)24-19-33(26-7-4-13-31-27(24)26)14-10-20-5-2-1-3-6-20;;/h1-10,13-14,17,19,22H,11-12,15-16,18,30H2;2*1H. The van der Waals surface area contributed by atoms with Gasteiger partial charge in [-0.3, -0.25) is 9.78 Å². The first-order valence-electron chi connectivity index (χ1n) is 11.6. The number of pyridine rings is 1. The number of carbonyl (C=O) groups is 1. The zero-order valence-electron chi connectivity index (χ0n) is 19.7. The van der Waals surface area contributed by atoms with Crippen LogP contribution in [0.25, 0.3) is 23.3 Å². The van der Waals surface area contributed by atoms with E-state index in [4.69, 9.17) is 5.73 Å². The highest BCUT2D eigenvalue weighted by atomic mass is 35.5. The van der Waals surface area contributed by atoms with Crippen molar-refractivity contribution in [3.8, 4) is 0 Å². The van der Waals surface area contributed by atoms with Crippen molar-refractivity contribution in [1.82, 2.24) is 14.5 Å². The van der Waals surface area contributed by atoms with Gasteiger partial charge >= 0.3 is 0 Å². The van der Waals surface area contributed by atoms with Crippen LogP contribution >= 0.6 is 24.8 Å². The quantitative estimate of drug-likeness (QED) is 0.340. The zero-order valence-corrected chi connectivity index (χ0v) is 21.4. The first-order valence-corrected chi connectivity index (χ1v) is 11.6. The van der Waals surface area contributed by atoms with Crippen molar-refractivity contribution in [2.24, 2.45) is 5.73 Å². The number of hydrogen-bond acceptors (Lipinski definition) is 3. The number of fused-ring (bicyclic) bond motifs is 1. The molecular formula is C28H29Cl2FN4O.